The second-order valence-corrected chi connectivity index (χ2v) is 3.38. The van der Waals surface area contributed by atoms with Gasteiger partial charge in [0.1, 0.15) is 12.2 Å². The molecule has 1 unspecified atom stereocenters. The molecule has 1 aromatic rings. The number of carboxylic acid groups (broad SMARTS) is 1. The van der Waals surface area contributed by atoms with Crippen LogP contribution in [0.5, 0.6) is 5.75 Å². The first kappa shape index (κ1) is 12.9. The molecular formula is C10H11NO6. The second-order valence-electron chi connectivity index (χ2n) is 3.38. The van der Waals surface area contributed by atoms with Crippen molar-refractivity contribution in [3.8, 4) is 5.75 Å². The highest BCUT2D eigenvalue weighted by atomic mass is 16.6. The number of hydrogen-bond donors (Lipinski definition) is 2. The normalized spacial score (nSPS) is 11.9. The molecule has 7 nitrogen and oxygen atoms in total. The third-order valence-electron chi connectivity index (χ3n) is 1.89. The van der Waals surface area contributed by atoms with Gasteiger partial charge >= 0.3 is 11.7 Å². The molecule has 1 atom stereocenters. The van der Waals surface area contributed by atoms with Gasteiger partial charge in [-0.3, -0.25) is 10.1 Å². The van der Waals surface area contributed by atoms with E-state index in [4.69, 9.17) is 14.9 Å². The highest BCUT2D eigenvalue weighted by molar-refractivity contribution is 5.92. The topological polar surface area (TPSA) is 110 Å². The van der Waals surface area contributed by atoms with E-state index in [2.05, 4.69) is 0 Å². The standard InChI is InChI=1S/C10H11NO6/c1-6(12)5-17-9-7(10(13)14)3-2-4-8(9)11(15)16/h2-4,6,12H,5H2,1H3,(H,13,14). The Balaban J connectivity index is 3.19. The Labute approximate surface area is 96.4 Å². The van der Waals surface area contributed by atoms with Gasteiger partial charge in [0.2, 0.25) is 5.75 Å². The molecule has 1 aromatic carbocycles. The third kappa shape index (κ3) is 3.15. The molecule has 0 amide bonds. The molecule has 0 aliphatic carbocycles. The van der Waals surface area contributed by atoms with Crippen LogP contribution in [0.25, 0.3) is 0 Å². The zero-order valence-corrected chi connectivity index (χ0v) is 8.99. The minimum absolute atomic E-state index is 0.217. The van der Waals surface area contributed by atoms with Crippen molar-refractivity contribution in [3.63, 3.8) is 0 Å². The van der Waals surface area contributed by atoms with E-state index >= 15 is 0 Å². The van der Waals surface area contributed by atoms with Crippen LogP contribution in [0.15, 0.2) is 18.2 Å². The van der Waals surface area contributed by atoms with Gasteiger partial charge in [0.05, 0.1) is 11.0 Å². The molecule has 1 rings (SSSR count). The molecule has 17 heavy (non-hydrogen) atoms. The van der Waals surface area contributed by atoms with E-state index in [1.54, 1.807) is 0 Å². The van der Waals surface area contributed by atoms with Gasteiger partial charge in [-0.05, 0) is 13.0 Å². The molecule has 92 valence electrons. The number of benzene rings is 1. The Morgan fingerprint density at radius 3 is 2.71 bits per heavy atom. The predicted octanol–water partition coefficient (Wildman–Crippen LogP) is 1.05. The van der Waals surface area contributed by atoms with E-state index in [1.807, 2.05) is 0 Å². The molecule has 2 N–H and O–H groups in total. The zero-order chi connectivity index (χ0) is 13.0. The molecule has 0 bridgehead atoms. The van der Waals surface area contributed by atoms with E-state index in [9.17, 15) is 14.9 Å². The van der Waals surface area contributed by atoms with Crippen molar-refractivity contribution in [3.05, 3.63) is 33.9 Å². The van der Waals surface area contributed by atoms with Crippen LogP contribution in [-0.2, 0) is 0 Å². The molecular weight excluding hydrogens is 230 g/mol. The van der Waals surface area contributed by atoms with Gasteiger partial charge in [0, 0.05) is 6.07 Å². The van der Waals surface area contributed by atoms with Crippen molar-refractivity contribution in [1.82, 2.24) is 0 Å². The van der Waals surface area contributed by atoms with E-state index in [1.165, 1.54) is 19.1 Å². The Hall–Kier alpha value is -2.15. The maximum Gasteiger partial charge on any atom is 0.339 e. The largest absolute Gasteiger partial charge is 0.483 e. The monoisotopic (exact) mass is 241 g/mol. The SMILES string of the molecule is CC(O)COc1c(C(=O)O)cccc1[N+](=O)[O-]. The summed E-state index contributed by atoms with van der Waals surface area (Å²) in [5, 5.41) is 28.6. The molecule has 0 aromatic heterocycles. The van der Waals surface area contributed by atoms with Crippen molar-refractivity contribution in [2.24, 2.45) is 0 Å². The molecule has 0 fully saturated rings. The Kier molecular flexibility index (Phi) is 4.00. The van der Waals surface area contributed by atoms with Crippen molar-refractivity contribution >= 4 is 11.7 Å². The first-order chi connectivity index (χ1) is 7.93. The van der Waals surface area contributed by atoms with E-state index in [0.717, 1.165) is 6.07 Å². The molecule has 0 saturated carbocycles. The number of ether oxygens (including phenoxy) is 1. The number of nitro benzene ring substituents is 1. The predicted molar refractivity (Wildman–Crippen MR) is 57.2 cm³/mol. The lowest BCUT2D eigenvalue weighted by atomic mass is 10.1. The lowest BCUT2D eigenvalue weighted by Gasteiger charge is -2.10. The highest BCUT2D eigenvalue weighted by Crippen LogP contribution is 2.30. The minimum atomic E-state index is -1.32. The number of carbonyl (C=O) groups is 1. The Morgan fingerprint density at radius 2 is 2.24 bits per heavy atom. The third-order valence-corrected chi connectivity index (χ3v) is 1.89. The molecule has 0 radical (unpaired) electrons. The van der Waals surface area contributed by atoms with Crippen LogP contribution in [0.2, 0.25) is 0 Å². The summed E-state index contributed by atoms with van der Waals surface area (Å²) in [4.78, 5) is 20.9. The fourth-order valence-corrected chi connectivity index (χ4v) is 1.19. The first-order valence-electron chi connectivity index (χ1n) is 4.75. The van der Waals surface area contributed by atoms with Crippen LogP contribution >= 0.6 is 0 Å². The number of aliphatic hydroxyl groups excluding tert-OH is 1. The highest BCUT2D eigenvalue weighted by Gasteiger charge is 2.23. The maximum atomic E-state index is 10.9. The van der Waals surface area contributed by atoms with Gasteiger partial charge in [-0.25, -0.2) is 4.79 Å². The average Bonchev–Trinajstić information content (AvgIpc) is 2.25. The number of aliphatic hydroxyl groups is 1. The number of aromatic carboxylic acids is 1. The van der Waals surface area contributed by atoms with E-state index < -0.39 is 22.7 Å². The molecule has 0 aliphatic rings. The molecule has 0 aliphatic heterocycles. The maximum absolute atomic E-state index is 10.9. The van der Waals surface area contributed by atoms with Crippen LogP contribution in [0.1, 0.15) is 17.3 Å². The number of carboxylic acids is 1. The fraction of sp³-hybridized carbons (Fsp3) is 0.300. The Bertz CT molecular complexity index is 410. The van der Waals surface area contributed by atoms with Crippen LogP contribution in [0.4, 0.5) is 5.69 Å². The fourth-order valence-electron chi connectivity index (χ4n) is 1.19. The van der Waals surface area contributed by atoms with Crippen LogP contribution < -0.4 is 4.74 Å². The Morgan fingerprint density at radius 1 is 1.59 bits per heavy atom. The summed E-state index contributed by atoms with van der Waals surface area (Å²) in [6.07, 6.45) is -0.851. The van der Waals surface area contributed by atoms with Crippen molar-refractivity contribution in [1.29, 1.82) is 0 Å². The molecule has 0 heterocycles. The first-order valence-corrected chi connectivity index (χ1v) is 4.75. The van der Waals surface area contributed by atoms with Gasteiger partial charge in [-0.1, -0.05) is 6.07 Å². The van der Waals surface area contributed by atoms with Gasteiger partial charge in [-0.2, -0.15) is 0 Å². The second kappa shape index (κ2) is 5.26. The summed E-state index contributed by atoms with van der Waals surface area (Å²) in [5.41, 5.74) is -0.745. The summed E-state index contributed by atoms with van der Waals surface area (Å²) in [5.74, 6) is -1.67. The van der Waals surface area contributed by atoms with Gasteiger partial charge < -0.3 is 14.9 Å². The number of rotatable bonds is 5. The molecule has 0 spiro atoms. The summed E-state index contributed by atoms with van der Waals surface area (Å²) >= 11 is 0. The number of para-hydroxylation sites is 1. The molecule has 0 saturated heterocycles. The van der Waals surface area contributed by atoms with Gasteiger partial charge in [0.25, 0.3) is 0 Å². The average molecular weight is 241 g/mol. The van der Waals surface area contributed by atoms with Gasteiger partial charge in [-0.15, -0.1) is 0 Å². The summed E-state index contributed by atoms with van der Waals surface area (Å²) < 4.78 is 4.98. The quantitative estimate of drug-likeness (QED) is 0.589. The lowest BCUT2D eigenvalue weighted by Crippen LogP contribution is -2.15. The zero-order valence-electron chi connectivity index (χ0n) is 8.99. The van der Waals surface area contributed by atoms with E-state index in [-0.39, 0.29) is 17.9 Å². The van der Waals surface area contributed by atoms with Crippen LogP contribution in [-0.4, -0.2) is 33.8 Å². The van der Waals surface area contributed by atoms with Crippen molar-refractivity contribution < 1.29 is 24.7 Å². The van der Waals surface area contributed by atoms with Gasteiger partial charge in [0.15, 0.2) is 0 Å². The van der Waals surface area contributed by atoms with Crippen LogP contribution in [0.3, 0.4) is 0 Å². The number of nitrogens with zero attached hydrogens (tertiary/aromatic N) is 1. The summed E-state index contributed by atoms with van der Waals surface area (Å²) in [6, 6.07) is 3.60. The smallest absolute Gasteiger partial charge is 0.339 e. The van der Waals surface area contributed by atoms with Crippen molar-refractivity contribution in [2.75, 3.05) is 6.61 Å². The summed E-state index contributed by atoms with van der Waals surface area (Å²) in [7, 11) is 0. The lowest BCUT2D eigenvalue weighted by molar-refractivity contribution is -0.386. The number of nitro groups is 1. The molecule has 7 heteroatoms. The summed E-state index contributed by atoms with van der Waals surface area (Å²) in [6.45, 7) is 1.21. The van der Waals surface area contributed by atoms with Crippen LogP contribution in [0, 0.1) is 10.1 Å². The van der Waals surface area contributed by atoms with E-state index in [0.29, 0.717) is 0 Å². The van der Waals surface area contributed by atoms with Crippen molar-refractivity contribution in [2.45, 2.75) is 13.0 Å². The minimum Gasteiger partial charge on any atom is -0.483 e. The number of hydrogen-bond acceptors (Lipinski definition) is 5.